The number of aromatic nitrogens is 1. The molecule has 100 valence electrons. The molecule has 0 unspecified atom stereocenters. The fourth-order valence-corrected chi connectivity index (χ4v) is 3.47. The Morgan fingerprint density at radius 2 is 2.15 bits per heavy atom. The molecule has 0 radical (unpaired) electrons. The molecule has 0 bridgehead atoms. The van der Waals surface area contributed by atoms with E-state index in [-0.39, 0.29) is 0 Å². The molecule has 0 saturated carbocycles. The minimum Gasteiger partial charge on any atom is -0.368 e. The molecule has 3 nitrogen and oxygen atoms in total. The lowest BCUT2D eigenvalue weighted by Gasteiger charge is -2.04. The number of hydrogen-bond acceptors (Lipinski definition) is 3. The Morgan fingerprint density at radius 3 is 2.90 bits per heavy atom. The van der Waals surface area contributed by atoms with Gasteiger partial charge in [0.2, 0.25) is 0 Å². The van der Waals surface area contributed by atoms with Gasteiger partial charge in [0.15, 0.2) is 0 Å². The molecule has 3 aromatic rings. The topological polar surface area (TPSA) is 40.2 Å². The zero-order valence-electron chi connectivity index (χ0n) is 11.2. The summed E-state index contributed by atoms with van der Waals surface area (Å²) in [6.45, 7) is 3.92. The Morgan fingerprint density at radius 1 is 1.20 bits per heavy atom. The number of amidine groups is 1. The average Bonchev–Trinajstić information content (AvgIpc) is 3.17. The van der Waals surface area contributed by atoms with Gasteiger partial charge in [0, 0.05) is 28.7 Å². The van der Waals surface area contributed by atoms with Crippen LogP contribution in [0.15, 0.2) is 40.0 Å². The standard InChI is InChI=1S/C16H15N3S/c1-10-15(16-17-5-6-18-16)13-8-11(2-3-14(13)19-10)12-4-7-20-9-12/h2-4,7-9,19H,5-6H2,1H3,(H,17,18). The second-order valence-corrected chi connectivity index (χ2v) is 5.83. The van der Waals surface area contributed by atoms with Gasteiger partial charge in [-0.1, -0.05) is 6.07 Å². The van der Waals surface area contributed by atoms with Crippen LogP contribution in [-0.2, 0) is 0 Å². The first-order valence-electron chi connectivity index (χ1n) is 6.76. The molecule has 0 fully saturated rings. The van der Waals surface area contributed by atoms with Gasteiger partial charge in [0.05, 0.1) is 6.54 Å². The first-order valence-corrected chi connectivity index (χ1v) is 7.71. The lowest BCUT2D eigenvalue weighted by atomic mass is 10.0. The molecule has 0 spiro atoms. The first-order chi connectivity index (χ1) is 9.83. The van der Waals surface area contributed by atoms with Crippen LogP contribution < -0.4 is 5.32 Å². The van der Waals surface area contributed by atoms with Crippen molar-refractivity contribution in [1.82, 2.24) is 10.3 Å². The molecule has 2 aromatic heterocycles. The molecule has 0 amide bonds. The predicted octanol–water partition coefficient (Wildman–Crippen LogP) is 3.55. The number of nitrogens with one attached hydrogen (secondary N) is 2. The monoisotopic (exact) mass is 281 g/mol. The van der Waals surface area contributed by atoms with E-state index in [1.165, 1.54) is 33.3 Å². The number of rotatable bonds is 2. The molecular formula is C16H15N3S. The van der Waals surface area contributed by atoms with Crippen molar-refractivity contribution < 1.29 is 0 Å². The van der Waals surface area contributed by atoms with Gasteiger partial charge < -0.3 is 10.3 Å². The van der Waals surface area contributed by atoms with Crippen molar-refractivity contribution in [3.63, 3.8) is 0 Å². The molecule has 4 rings (SSSR count). The highest BCUT2D eigenvalue weighted by Gasteiger charge is 2.17. The summed E-state index contributed by atoms with van der Waals surface area (Å²) in [4.78, 5) is 8.03. The largest absolute Gasteiger partial charge is 0.368 e. The third-order valence-electron chi connectivity index (χ3n) is 3.75. The molecule has 0 atom stereocenters. The third kappa shape index (κ3) is 1.76. The summed E-state index contributed by atoms with van der Waals surface area (Å²) in [5.74, 6) is 1.02. The maximum Gasteiger partial charge on any atom is 0.130 e. The lowest BCUT2D eigenvalue weighted by Crippen LogP contribution is -2.19. The van der Waals surface area contributed by atoms with Crippen LogP contribution in [0.5, 0.6) is 0 Å². The predicted molar refractivity (Wildman–Crippen MR) is 85.8 cm³/mol. The molecule has 1 aliphatic rings. The highest BCUT2D eigenvalue weighted by atomic mass is 32.1. The second-order valence-electron chi connectivity index (χ2n) is 5.05. The molecule has 20 heavy (non-hydrogen) atoms. The Balaban J connectivity index is 1.94. The average molecular weight is 281 g/mol. The van der Waals surface area contributed by atoms with Gasteiger partial charge in [-0.15, -0.1) is 0 Å². The van der Waals surface area contributed by atoms with Crippen molar-refractivity contribution in [2.75, 3.05) is 13.1 Å². The van der Waals surface area contributed by atoms with E-state index in [1.807, 2.05) is 0 Å². The molecule has 0 saturated heterocycles. The van der Waals surface area contributed by atoms with E-state index in [2.05, 4.69) is 57.2 Å². The van der Waals surface area contributed by atoms with E-state index in [4.69, 9.17) is 0 Å². The number of fused-ring (bicyclic) bond motifs is 1. The van der Waals surface area contributed by atoms with E-state index < -0.39 is 0 Å². The van der Waals surface area contributed by atoms with Gasteiger partial charge in [0.25, 0.3) is 0 Å². The van der Waals surface area contributed by atoms with Gasteiger partial charge in [-0.05, 0) is 47.0 Å². The number of aryl methyl sites for hydroxylation is 1. The Kier molecular flexibility index (Phi) is 2.63. The maximum absolute atomic E-state index is 4.57. The van der Waals surface area contributed by atoms with Crippen molar-refractivity contribution in [2.24, 2.45) is 4.99 Å². The highest BCUT2D eigenvalue weighted by molar-refractivity contribution is 7.08. The Hall–Kier alpha value is -2.07. The first kappa shape index (κ1) is 11.7. The molecule has 2 N–H and O–H groups in total. The highest BCUT2D eigenvalue weighted by Crippen LogP contribution is 2.29. The SMILES string of the molecule is Cc1[nH]c2ccc(-c3ccsc3)cc2c1C1=NCCN1. The van der Waals surface area contributed by atoms with Crippen LogP contribution in [0.1, 0.15) is 11.3 Å². The maximum atomic E-state index is 4.57. The van der Waals surface area contributed by atoms with Crippen LogP contribution in [0.3, 0.4) is 0 Å². The normalized spacial score (nSPS) is 14.6. The van der Waals surface area contributed by atoms with E-state index >= 15 is 0 Å². The van der Waals surface area contributed by atoms with E-state index in [0.717, 1.165) is 18.9 Å². The summed E-state index contributed by atoms with van der Waals surface area (Å²) in [6, 6.07) is 8.76. The van der Waals surface area contributed by atoms with E-state index in [1.54, 1.807) is 11.3 Å². The number of H-pyrrole nitrogens is 1. The molecule has 4 heteroatoms. The summed E-state index contributed by atoms with van der Waals surface area (Å²) in [7, 11) is 0. The number of nitrogens with zero attached hydrogens (tertiary/aromatic N) is 1. The molecular weight excluding hydrogens is 266 g/mol. The van der Waals surface area contributed by atoms with E-state index in [9.17, 15) is 0 Å². The van der Waals surface area contributed by atoms with Gasteiger partial charge in [-0.3, -0.25) is 4.99 Å². The van der Waals surface area contributed by atoms with Gasteiger partial charge in [-0.2, -0.15) is 11.3 Å². The molecule has 3 heterocycles. The quantitative estimate of drug-likeness (QED) is 0.741. The van der Waals surface area contributed by atoms with Crippen molar-refractivity contribution >= 4 is 28.1 Å². The molecule has 1 aromatic carbocycles. The van der Waals surface area contributed by atoms with Crippen LogP contribution in [0, 0.1) is 6.92 Å². The molecule has 0 aliphatic carbocycles. The van der Waals surface area contributed by atoms with Crippen LogP contribution in [0.25, 0.3) is 22.0 Å². The fraction of sp³-hybridized carbons (Fsp3) is 0.188. The smallest absolute Gasteiger partial charge is 0.130 e. The van der Waals surface area contributed by atoms with E-state index in [0.29, 0.717) is 0 Å². The van der Waals surface area contributed by atoms with Gasteiger partial charge >= 0.3 is 0 Å². The second kappa shape index (κ2) is 4.49. The summed E-state index contributed by atoms with van der Waals surface area (Å²) in [6.07, 6.45) is 0. The number of benzene rings is 1. The minimum absolute atomic E-state index is 0.867. The van der Waals surface area contributed by atoms with Crippen LogP contribution in [-0.4, -0.2) is 23.9 Å². The summed E-state index contributed by atoms with van der Waals surface area (Å²) in [5.41, 5.74) is 6.11. The van der Waals surface area contributed by atoms with Crippen LogP contribution in [0.4, 0.5) is 0 Å². The van der Waals surface area contributed by atoms with Gasteiger partial charge in [0.1, 0.15) is 5.84 Å². The Bertz CT molecular complexity index is 797. The number of thiophene rings is 1. The zero-order valence-corrected chi connectivity index (χ0v) is 12.1. The molecule has 1 aliphatic heterocycles. The van der Waals surface area contributed by atoms with Crippen molar-refractivity contribution in [3.8, 4) is 11.1 Å². The third-order valence-corrected chi connectivity index (χ3v) is 4.43. The minimum atomic E-state index is 0.867. The summed E-state index contributed by atoms with van der Waals surface area (Å²) < 4.78 is 0. The Labute approximate surface area is 121 Å². The van der Waals surface area contributed by atoms with Crippen molar-refractivity contribution in [1.29, 1.82) is 0 Å². The van der Waals surface area contributed by atoms with Gasteiger partial charge in [-0.25, -0.2) is 0 Å². The number of aromatic amines is 1. The van der Waals surface area contributed by atoms with Crippen molar-refractivity contribution in [2.45, 2.75) is 6.92 Å². The van der Waals surface area contributed by atoms with Crippen LogP contribution >= 0.6 is 11.3 Å². The summed E-state index contributed by atoms with van der Waals surface area (Å²) in [5, 5.41) is 8.93. The van der Waals surface area contributed by atoms with Crippen molar-refractivity contribution in [3.05, 3.63) is 46.3 Å². The van der Waals surface area contributed by atoms with Crippen LogP contribution in [0.2, 0.25) is 0 Å². The summed E-state index contributed by atoms with van der Waals surface area (Å²) >= 11 is 1.73. The zero-order chi connectivity index (χ0) is 13.5. The number of aliphatic imine (C=N–C) groups is 1. The lowest BCUT2D eigenvalue weighted by molar-refractivity contribution is 0.960. The fourth-order valence-electron chi connectivity index (χ4n) is 2.81. The number of hydrogen-bond donors (Lipinski definition) is 2.